The van der Waals surface area contributed by atoms with Crippen molar-refractivity contribution in [2.45, 2.75) is 19.3 Å². The Labute approximate surface area is 163 Å². The van der Waals surface area contributed by atoms with Gasteiger partial charge in [0.25, 0.3) is 5.91 Å². The topological polar surface area (TPSA) is 54.5 Å². The van der Waals surface area contributed by atoms with Crippen molar-refractivity contribution in [2.24, 2.45) is 0 Å². The second-order valence-electron chi connectivity index (χ2n) is 6.86. The van der Waals surface area contributed by atoms with Crippen LogP contribution in [-0.2, 0) is 4.79 Å². The molecular weight excluding hydrogens is 357 g/mol. The van der Waals surface area contributed by atoms with E-state index in [9.17, 15) is 9.18 Å². The van der Waals surface area contributed by atoms with E-state index in [1.54, 1.807) is 18.2 Å². The summed E-state index contributed by atoms with van der Waals surface area (Å²) < 4.78 is 19.4. The first-order valence-electron chi connectivity index (χ1n) is 9.52. The van der Waals surface area contributed by atoms with Crippen LogP contribution in [0.5, 0.6) is 5.75 Å². The minimum absolute atomic E-state index is 0.138. The number of aromatic nitrogens is 1. The Balaban J connectivity index is 1.49. The van der Waals surface area contributed by atoms with Crippen molar-refractivity contribution in [1.29, 1.82) is 0 Å². The average molecular weight is 379 g/mol. The molecule has 1 aromatic heterocycles. The Morgan fingerprint density at radius 3 is 2.68 bits per heavy atom. The lowest BCUT2D eigenvalue weighted by molar-refractivity contribution is -0.118. The zero-order valence-electron chi connectivity index (χ0n) is 15.5. The van der Waals surface area contributed by atoms with E-state index in [0.717, 1.165) is 29.8 Å². The number of rotatable bonds is 5. The zero-order valence-corrected chi connectivity index (χ0v) is 15.5. The maximum absolute atomic E-state index is 13.7. The SMILES string of the molecule is O=C(COc1cccc2ccc(N3CCCCC3)nc12)Nc1ccccc1F. The molecule has 0 bridgehead atoms. The van der Waals surface area contributed by atoms with Crippen LogP contribution in [0.25, 0.3) is 10.9 Å². The molecule has 144 valence electrons. The molecule has 1 fully saturated rings. The minimum atomic E-state index is -0.478. The highest BCUT2D eigenvalue weighted by Gasteiger charge is 2.14. The molecule has 3 aromatic rings. The summed E-state index contributed by atoms with van der Waals surface area (Å²) in [6, 6.07) is 15.7. The van der Waals surface area contributed by atoms with E-state index in [1.807, 2.05) is 24.3 Å². The fourth-order valence-electron chi connectivity index (χ4n) is 3.42. The molecule has 2 heterocycles. The van der Waals surface area contributed by atoms with Gasteiger partial charge in [-0.2, -0.15) is 0 Å². The van der Waals surface area contributed by atoms with Gasteiger partial charge in [0.05, 0.1) is 5.69 Å². The van der Waals surface area contributed by atoms with Crippen LogP contribution >= 0.6 is 0 Å². The Morgan fingerprint density at radius 2 is 1.86 bits per heavy atom. The number of carbonyl (C=O) groups excluding carboxylic acids is 1. The summed E-state index contributed by atoms with van der Waals surface area (Å²) in [7, 11) is 0. The number of para-hydroxylation sites is 2. The Morgan fingerprint density at radius 1 is 1.04 bits per heavy atom. The summed E-state index contributed by atoms with van der Waals surface area (Å²) in [5.74, 6) is 0.572. The highest BCUT2D eigenvalue weighted by atomic mass is 19.1. The molecule has 6 heteroatoms. The van der Waals surface area contributed by atoms with Gasteiger partial charge >= 0.3 is 0 Å². The molecule has 0 atom stereocenters. The number of fused-ring (bicyclic) bond motifs is 1. The van der Waals surface area contributed by atoms with Crippen LogP contribution in [0.15, 0.2) is 54.6 Å². The van der Waals surface area contributed by atoms with Gasteiger partial charge in [0.15, 0.2) is 6.61 Å². The van der Waals surface area contributed by atoms with Gasteiger partial charge in [-0.3, -0.25) is 4.79 Å². The Kier molecular flexibility index (Phi) is 5.37. The number of anilines is 2. The molecule has 1 N–H and O–H groups in total. The van der Waals surface area contributed by atoms with Crippen molar-refractivity contribution >= 4 is 28.3 Å². The summed E-state index contributed by atoms with van der Waals surface area (Å²) in [6.07, 6.45) is 3.61. The average Bonchev–Trinajstić information content (AvgIpc) is 2.74. The van der Waals surface area contributed by atoms with Crippen LogP contribution in [0.2, 0.25) is 0 Å². The van der Waals surface area contributed by atoms with Gasteiger partial charge < -0.3 is 15.0 Å². The quantitative estimate of drug-likeness (QED) is 0.715. The lowest BCUT2D eigenvalue weighted by Gasteiger charge is -2.28. The summed E-state index contributed by atoms with van der Waals surface area (Å²) in [4.78, 5) is 19.2. The van der Waals surface area contributed by atoms with Gasteiger partial charge in [0, 0.05) is 18.5 Å². The number of ether oxygens (including phenoxy) is 1. The molecule has 0 saturated carbocycles. The standard InChI is InChI=1S/C22H22FN3O2/c23-17-8-2-3-9-18(17)24-21(27)15-28-19-10-6-7-16-11-12-20(25-22(16)19)26-13-4-1-5-14-26/h2-3,6-12H,1,4-5,13-15H2,(H,24,27). The summed E-state index contributed by atoms with van der Waals surface area (Å²) in [5.41, 5.74) is 0.865. The molecule has 4 rings (SSSR count). The molecule has 0 spiro atoms. The number of pyridine rings is 1. The van der Waals surface area contributed by atoms with E-state index in [0.29, 0.717) is 5.75 Å². The van der Waals surface area contributed by atoms with E-state index >= 15 is 0 Å². The molecule has 0 aliphatic carbocycles. The van der Waals surface area contributed by atoms with E-state index < -0.39 is 11.7 Å². The van der Waals surface area contributed by atoms with Crippen molar-refractivity contribution in [2.75, 3.05) is 29.9 Å². The van der Waals surface area contributed by atoms with E-state index in [1.165, 1.54) is 31.4 Å². The summed E-state index contributed by atoms with van der Waals surface area (Å²) in [5, 5.41) is 3.48. The fraction of sp³-hybridized carbons (Fsp3) is 0.273. The smallest absolute Gasteiger partial charge is 0.262 e. The first-order valence-corrected chi connectivity index (χ1v) is 9.52. The van der Waals surface area contributed by atoms with E-state index in [2.05, 4.69) is 10.2 Å². The summed E-state index contributed by atoms with van der Waals surface area (Å²) in [6.45, 7) is 1.79. The number of benzene rings is 2. The predicted octanol–water partition coefficient (Wildman–Crippen LogP) is 4.38. The second-order valence-corrected chi connectivity index (χ2v) is 6.86. The zero-order chi connectivity index (χ0) is 19.3. The number of piperidine rings is 1. The normalized spacial score (nSPS) is 14.1. The van der Waals surface area contributed by atoms with Crippen LogP contribution in [0.3, 0.4) is 0 Å². The Bertz CT molecular complexity index is 986. The molecule has 2 aromatic carbocycles. The molecular formula is C22H22FN3O2. The van der Waals surface area contributed by atoms with Crippen molar-refractivity contribution in [1.82, 2.24) is 4.98 Å². The fourth-order valence-corrected chi connectivity index (χ4v) is 3.42. The first kappa shape index (κ1) is 18.2. The van der Waals surface area contributed by atoms with Crippen molar-refractivity contribution in [3.05, 3.63) is 60.4 Å². The van der Waals surface area contributed by atoms with Crippen molar-refractivity contribution in [3.63, 3.8) is 0 Å². The van der Waals surface area contributed by atoms with Gasteiger partial charge in [-0.05, 0) is 49.6 Å². The third-order valence-electron chi connectivity index (χ3n) is 4.86. The van der Waals surface area contributed by atoms with Gasteiger partial charge in [-0.25, -0.2) is 9.37 Å². The van der Waals surface area contributed by atoms with Crippen molar-refractivity contribution < 1.29 is 13.9 Å². The third-order valence-corrected chi connectivity index (χ3v) is 4.86. The molecule has 1 amide bonds. The van der Waals surface area contributed by atoms with Gasteiger partial charge in [-0.1, -0.05) is 24.3 Å². The number of nitrogens with zero attached hydrogens (tertiary/aromatic N) is 2. The monoisotopic (exact) mass is 379 g/mol. The van der Waals surface area contributed by atoms with Crippen LogP contribution in [0, 0.1) is 5.82 Å². The van der Waals surface area contributed by atoms with Gasteiger partial charge in [-0.15, -0.1) is 0 Å². The molecule has 1 aliphatic heterocycles. The number of carbonyl (C=O) groups is 1. The van der Waals surface area contributed by atoms with Crippen LogP contribution in [0.1, 0.15) is 19.3 Å². The van der Waals surface area contributed by atoms with E-state index in [-0.39, 0.29) is 12.3 Å². The highest BCUT2D eigenvalue weighted by Crippen LogP contribution is 2.27. The third kappa shape index (κ3) is 4.06. The van der Waals surface area contributed by atoms with E-state index in [4.69, 9.17) is 9.72 Å². The second kappa shape index (κ2) is 8.25. The number of halogens is 1. The van der Waals surface area contributed by atoms with Crippen molar-refractivity contribution in [3.8, 4) is 5.75 Å². The maximum Gasteiger partial charge on any atom is 0.262 e. The summed E-state index contributed by atoms with van der Waals surface area (Å²) >= 11 is 0. The first-order chi connectivity index (χ1) is 13.7. The Hall–Kier alpha value is -3.15. The lowest BCUT2D eigenvalue weighted by Crippen LogP contribution is -2.30. The molecule has 0 unspecified atom stereocenters. The van der Waals surface area contributed by atoms with Gasteiger partial charge in [0.2, 0.25) is 0 Å². The molecule has 1 saturated heterocycles. The minimum Gasteiger partial charge on any atom is -0.481 e. The molecule has 5 nitrogen and oxygen atoms in total. The largest absolute Gasteiger partial charge is 0.481 e. The number of nitrogens with one attached hydrogen (secondary N) is 1. The number of hydrogen-bond acceptors (Lipinski definition) is 4. The number of hydrogen-bond donors (Lipinski definition) is 1. The highest BCUT2D eigenvalue weighted by molar-refractivity contribution is 5.92. The molecule has 28 heavy (non-hydrogen) atoms. The molecule has 1 aliphatic rings. The van der Waals surface area contributed by atoms with Gasteiger partial charge in [0.1, 0.15) is 22.9 Å². The predicted molar refractivity (Wildman–Crippen MR) is 108 cm³/mol. The maximum atomic E-state index is 13.7. The molecule has 0 radical (unpaired) electrons. The van der Waals surface area contributed by atoms with Crippen LogP contribution < -0.4 is 15.0 Å². The van der Waals surface area contributed by atoms with Crippen LogP contribution in [0.4, 0.5) is 15.9 Å². The van der Waals surface area contributed by atoms with Crippen LogP contribution in [-0.4, -0.2) is 30.6 Å². The number of amides is 1. The lowest BCUT2D eigenvalue weighted by atomic mass is 10.1.